The molecule has 1 aliphatic heterocycles. The van der Waals surface area contributed by atoms with Gasteiger partial charge < -0.3 is 14.7 Å². The number of thiazole rings is 1. The maximum Gasteiger partial charge on any atom is 0.311 e. The van der Waals surface area contributed by atoms with Gasteiger partial charge in [0.1, 0.15) is 0 Å². The summed E-state index contributed by atoms with van der Waals surface area (Å²) < 4.78 is 4.92. The molecule has 1 aliphatic rings. The molecule has 0 radical (unpaired) electrons. The minimum atomic E-state index is -0.275. The number of carbonyl (C=O) groups excluding carboxylic acids is 1. The van der Waals surface area contributed by atoms with E-state index in [0.29, 0.717) is 30.0 Å². The standard InChI is InChI=1S/C20H26N4O3S/c1-2-27-19(26)11-17-14-28-20(22-17)23-21-12-15-3-5-18(6-4-15)24-9-7-16(13-25)8-10-24/h3-6,12,14,16,25H,2,7-11,13H2,1H3,(H,22,23). The van der Waals surface area contributed by atoms with Gasteiger partial charge in [0.05, 0.1) is 24.9 Å². The molecule has 0 atom stereocenters. The Kier molecular flexibility index (Phi) is 7.39. The molecule has 0 bridgehead atoms. The molecule has 7 nitrogen and oxygen atoms in total. The fourth-order valence-corrected chi connectivity index (χ4v) is 3.77. The highest BCUT2D eigenvalue weighted by atomic mass is 32.1. The van der Waals surface area contributed by atoms with Crippen LogP contribution in [0.25, 0.3) is 0 Å². The number of piperidine rings is 1. The van der Waals surface area contributed by atoms with Crippen molar-refractivity contribution >= 4 is 34.3 Å². The van der Waals surface area contributed by atoms with Crippen LogP contribution in [-0.4, -0.2) is 48.6 Å². The maximum atomic E-state index is 11.5. The van der Waals surface area contributed by atoms with Crippen molar-refractivity contribution in [3.63, 3.8) is 0 Å². The number of ether oxygens (including phenoxy) is 1. The molecular weight excluding hydrogens is 376 g/mol. The SMILES string of the molecule is CCOC(=O)Cc1csc(NN=Cc2ccc(N3CCC(CO)CC3)cc2)n1. The fraction of sp³-hybridized carbons (Fsp3) is 0.450. The smallest absolute Gasteiger partial charge is 0.311 e. The first kappa shape index (κ1) is 20.3. The van der Waals surface area contributed by atoms with E-state index in [4.69, 9.17) is 4.74 Å². The van der Waals surface area contributed by atoms with E-state index >= 15 is 0 Å². The van der Waals surface area contributed by atoms with E-state index in [0.717, 1.165) is 31.5 Å². The zero-order valence-electron chi connectivity index (χ0n) is 16.0. The summed E-state index contributed by atoms with van der Waals surface area (Å²) in [4.78, 5) is 18.1. The van der Waals surface area contributed by atoms with Gasteiger partial charge in [-0.3, -0.25) is 10.2 Å². The first-order valence-corrected chi connectivity index (χ1v) is 10.4. The third-order valence-electron chi connectivity index (χ3n) is 4.69. The number of nitrogens with one attached hydrogen (secondary N) is 1. The van der Waals surface area contributed by atoms with E-state index in [-0.39, 0.29) is 12.4 Å². The number of esters is 1. The molecule has 1 fully saturated rings. The third kappa shape index (κ3) is 5.77. The molecule has 0 saturated carbocycles. The Labute approximate surface area is 169 Å². The second-order valence-electron chi connectivity index (χ2n) is 6.70. The zero-order valence-corrected chi connectivity index (χ0v) is 16.8. The molecule has 0 unspecified atom stereocenters. The number of hydrogen-bond acceptors (Lipinski definition) is 8. The van der Waals surface area contributed by atoms with Gasteiger partial charge in [-0.2, -0.15) is 5.10 Å². The minimum absolute atomic E-state index is 0.173. The van der Waals surface area contributed by atoms with Crippen molar-refractivity contribution in [2.45, 2.75) is 26.2 Å². The van der Waals surface area contributed by atoms with Crippen molar-refractivity contribution < 1.29 is 14.6 Å². The number of aliphatic hydroxyl groups excluding tert-OH is 1. The quantitative estimate of drug-likeness (QED) is 0.401. The molecule has 1 aromatic heterocycles. The predicted octanol–water partition coefficient (Wildman–Crippen LogP) is 2.90. The number of anilines is 2. The lowest BCUT2D eigenvalue weighted by molar-refractivity contribution is -0.142. The van der Waals surface area contributed by atoms with Crippen molar-refractivity contribution in [3.05, 3.63) is 40.9 Å². The van der Waals surface area contributed by atoms with E-state index in [1.807, 2.05) is 17.5 Å². The molecule has 1 aromatic carbocycles. The number of aromatic nitrogens is 1. The Balaban J connectivity index is 1.48. The highest BCUT2D eigenvalue weighted by Gasteiger charge is 2.18. The number of aliphatic hydroxyl groups is 1. The van der Waals surface area contributed by atoms with Crippen LogP contribution in [0, 0.1) is 5.92 Å². The summed E-state index contributed by atoms with van der Waals surface area (Å²) in [5.41, 5.74) is 5.76. The average Bonchev–Trinajstić information content (AvgIpc) is 3.16. The summed E-state index contributed by atoms with van der Waals surface area (Å²) in [7, 11) is 0. The van der Waals surface area contributed by atoms with E-state index in [9.17, 15) is 9.90 Å². The van der Waals surface area contributed by atoms with Crippen molar-refractivity contribution in [3.8, 4) is 0 Å². The molecule has 2 N–H and O–H groups in total. The molecule has 0 spiro atoms. The van der Waals surface area contributed by atoms with Crippen molar-refractivity contribution in [2.75, 3.05) is 36.6 Å². The van der Waals surface area contributed by atoms with Gasteiger partial charge in [-0.15, -0.1) is 11.3 Å². The molecule has 150 valence electrons. The second kappa shape index (κ2) is 10.2. The average molecular weight is 403 g/mol. The number of rotatable bonds is 8. The summed E-state index contributed by atoms with van der Waals surface area (Å²) in [6.07, 6.45) is 3.99. The first-order valence-electron chi connectivity index (χ1n) is 9.53. The molecular formula is C20H26N4O3S. The van der Waals surface area contributed by atoms with Crippen LogP contribution in [0.5, 0.6) is 0 Å². The van der Waals surface area contributed by atoms with Crippen LogP contribution in [0.1, 0.15) is 31.0 Å². The van der Waals surface area contributed by atoms with Crippen LogP contribution >= 0.6 is 11.3 Å². The van der Waals surface area contributed by atoms with Gasteiger partial charge in [0.25, 0.3) is 0 Å². The molecule has 8 heteroatoms. The molecule has 1 saturated heterocycles. The Morgan fingerprint density at radius 1 is 1.39 bits per heavy atom. The summed E-state index contributed by atoms with van der Waals surface area (Å²) in [5.74, 6) is 0.168. The van der Waals surface area contributed by atoms with E-state index in [1.165, 1.54) is 17.0 Å². The van der Waals surface area contributed by atoms with E-state index in [1.54, 1.807) is 13.1 Å². The van der Waals surface area contributed by atoms with Gasteiger partial charge in [-0.05, 0) is 43.4 Å². The van der Waals surface area contributed by atoms with Crippen LogP contribution in [-0.2, 0) is 16.0 Å². The molecule has 0 aliphatic carbocycles. The Morgan fingerprint density at radius 2 is 2.14 bits per heavy atom. The highest BCUT2D eigenvalue weighted by molar-refractivity contribution is 7.13. The summed E-state index contributed by atoms with van der Waals surface area (Å²) in [5, 5.41) is 15.9. The van der Waals surface area contributed by atoms with Crippen molar-refractivity contribution in [2.24, 2.45) is 11.0 Å². The molecule has 3 rings (SSSR count). The Hall–Kier alpha value is -2.45. The lowest BCUT2D eigenvalue weighted by Gasteiger charge is -2.32. The van der Waals surface area contributed by atoms with Crippen LogP contribution in [0.3, 0.4) is 0 Å². The van der Waals surface area contributed by atoms with Crippen LogP contribution in [0.15, 0.2) is 34.7 Å². The number of nitrogens with zero attached hydrogens (tertiary/aromatic N) is 3. The van der Waals surface area contributed by atoms with Gasteiger partial charge in [0.2, 0.25) is 5.13 Å². The molecule has 2 aromatic rings. The lowest BCUT2D eigenvalue weighted by Crippen LogP contribution is -2.34. The topological polar surface area (TPSA) is 87.0 Å². The predicted molar refractivity (Wildman–Crippen MR) is 112 cm³/mol. The maximum absolute atomic E-state index is 11.5. The largest absolute Gasteiger partial charge is 0.466 e. The van der Waals surface area contributed by atoms with Crippen LogP contribution in [0.4, 0.5) is 10.8 Å². The minimum Gasteiger partial charge on any atom is -0.466 e. The van der Waals surface area contributed by atoms with Crippen molar-refractivity contribution in [1.82, 2.24) is 4.98 Å². The Bertz CT molecular complexity index is 783. The van der Waals surface area contributed by atoms with E-state index in [2.05, 4.69) is 32.5 Å². The number of hydrazone groups is 1. The van der Waals surface area contributed by atoms with Gasteiger partial charge in [0, 0.05) is 30.8 Å². The van der Waals surface area contributed by atoms with Crippen molar-refractivity contribution in [1.29, 1.82) is 0 Å². The third-order valence-corrected chi connectivity index (χ3v) is 5.48. The van der Waals surface area contributed by atoms with Gasteiger partial charge >= 0.3 is 5.97 Å². The number of carbonyl (C=O) groups is 1. The molecule has 0 amide bonds. The Morgan fingerprint density at radius 3 is 2.82 bits per heavy atom. The fourth-order valence-electron chi connectivity index (χ4n) is 3.11. The number of hydrogen-bond donors (Lipinski definition) is 2. The van der Waals surface area contributed by atoms with Crippen LogP contribution in [0.2, 0.25) is 0 Å². The monoisotopic (exact) mass is 402 g/mol. The second-order valence-corrected chi connectivity index (χ2v) is 7.56. The van der Waals surface area contributed by atoms with E-state index < -0.39 is 0 Å². The molecule has 28 heavy (non-hydrogen) atoms. The first-order chi connectivity index (χ1) is 13.7. The lowest BCUT2D eigenvalue weighted by atomic mass is 9.97. The summed E-state index contributed by atoms with van der Waals surface area (Å²) in [6, 6.07) is 8.27. The van der Waals surface area contributed by atoms with Gasteiger partial charge in [-0.1, -0.05) is 12.1 Å². The number of benzene rings is 1. The highest BCUT2D eigenvalue weighted by Crippen LogP contribution is 2.23. The van der Waals surface area contributed by atoms with Gasteiger partial charge in [-0.25, -0.2) is 4.98 Å². The summed E-state index contributed by atoms with van der Waals surface area (Å²) >= 11 is 1.40. The normalized spacial score (nSPS) is 15.1. The van der Waals surface area contributed by atoms with Gasteiger partial charge in [0.15, 0.2) is 0 Å². The summed E-state index contributed by atoms with van der Waals surface area (Å²) in [6.45, 7) is 4.42. The molecule has 2 heterocycles. The van der Waals surface area contributed by atoms with Crippen LogP contribution < -0.4 is 10.3 Å². The zero-order chi connectivity index (χ0) is 19.8.